The molecule has 0 fully saturated rings. The first-order chi connectivity index (χ1) is 2.91. The van der Waals surface area contributed by atoms with Gasteiger partial charge < -0.3 is 0 Å². The fourth-order valence-electron chi connectivity index (χ4n) is 0.0831. The highest BCUT2D eigenvalue weighted by Gasteiger charge is 1.71. The van der Waals surface area contributed by atoms with E-state index in [0.29, 0.717) is 5.75 Å². The van der Waals surface area contributed by atoms with E-state index in [4.69, 9.17) is 0 Å². The van der Waals surface area contributed by atoms with Crippen molar-refractivity contribution in [3.8, 4) is 0 Å². The van der Waals surface area contributed by atoms with E-state index in [1.165, 1.54) is 0 Å². The Labute approximate surface area is 40.7 Å². The van der Waals surface area contributed by atoms with Crippen LogP contribution in [0.3, 0.4) is 0 Å². The van der Waals surface area contributed by atoms with E-state index >= 15 is 0 Å². The lowest BCUT2D eigenvalue weighted by atomic mass is 10.8. The van der Waals surface area contributed by atoms with E-state index in [1.54, 1.807) is 6.08 Å². The quantitative estimate of drug-likeness (QED) is 0.235. The van der Waals surface area contributed by atoms with Gasteiger partial charge in [-0.25, -0.2) is 0 Å². The normalized spacial score (nSPS) is 7.33. The van der Waals surface area contributed by atoms with Crippen molar-refractivity contribution in [3.05, 3.63) is 17.6 Å². The third-order valence-electron chi connectivity index (χ3n) is 0.245. The van der Waals surface area contributed by atoms with Gasteiger partial charge in [-0.1, -0.05) is 6.08 Å². The minimum Gasteiger partial charge on any atom is -0.137 e. The van der Waals surface area contributed by atoms with Crippen LogP contribution in [0.5, 0.6) is 0 Å². The molecule has 0 bridgehead atoms. The molecule has 6 heavy (non-hydrogen) atoms. The Morgan fingerprint density at radius 2 is 2.67 bits per heavy atom. The zero-order valence-electron chi connectivity index (χ0n) is 3.26. The molecule has 0 rings (SSSR count). The van der Waals surface area contributed by atoms with Gasteiger partial charge in [0.1, 0.15) is 0 Å². The van der Waals surface area contributed by atoms with E-state index in [-0.39, 0.29) is 0 Å². The van der Waals surface area contributed by atoms with Crippen LogP contribution in [0.15, 0.2) is 17.2 Å². The van der Waals surface area contributed by atoms with Gasteiger partial charge >= 0.3 is 0 Å². The van der Waals surface area contributed by atoms with Gasteiger partial charge in [0.2, 0.25) is 0 Å². The van der Waals surface area contributed by atoms with Crippen molar-refractivity contribution in [1.82, 2.24) is 0 Å². The monoisotopic (exact) mass is 103 g/mol. The first-order valence-corrected chi connectivity index (χ1v) is 2.41. The molecule has 0 aliphatic heterocycles. The van der Waals surface area contributed by atoms with E-state index in [2.05, 4.69) is 11.2 Å². The Bertz CT molecular complexity index is 46.8. The number of nitroso groups, excluding NO2 is 1. The molecule has 34 valence electrons. The maximum absolute atomic E-state index is 9.23. The minimum atomic E-state index is 0.615. The molecule has 0 aliphatic carbocycles. The van der Waals surface area contributed by atoms with E-state index in [9.17, 15) is 4.91 Å². The van der Waals surface area contributed by atoms with Gasteiger partial charge in [0.05, 0.1) is 0 Å². The molecular weight excluding hydrogens is 98.1 g/mol. The Hall–Kier alpha value is -0.310. The predicted octanol–water partition coefficient (Wildman–Crippen LogP) is 1.59. The van der Waals surface area contributed by atoms with Crippen molar-refractivity contribution in [3.63, 3.8) is 0 Å². The van der Waals surface area contributed by atoms with Crippen molar-refractivity contribution in [1.29, 1.82) is 0 Å². The zero-order chi connectivity index (χ0) is 4.83. The third kappa shape index (κ3) is 3.69. The summed E-state index contributed by atoms with van der Waals surface area (Å²) < 4.78 is 2.52. The van der Waals surface area contributed by atoms with Crippen molar-refractivity contribution in [2.45, 2.75) is 0 Å². The highest BCUT2D eigenvalue weighted by molar-refractivity contribution is 7.98. The van der Waals surface area contributed by atoms with Gasteiger partial charge in [-0.2, -0.15) is 0 Å². The number of rotatable bonds is 3. The minimum absolute atomic E-state index is 0.615. The van der Waals surface area contributed by atoms with Gasteiger partial charge in [-0.3, -0.25) is 0 Å². The third-order valence-corrected chi connectivity index (χ3v) is 0.735. The fourth-order valence-corrected chi connectivity index (χ4v) is 0.249. The van der Waals surface area contributed by atoms with Gasteiger partial charge in [0.15, 0.2) is 0 Å². The second-order valence-corrected chi connectivity index (χ2v) is 1.40. The summed E-state index contributed by atoms with van der Waals surface area (Å²) in [6, 6.07) is 0. The smallest absolute Gasteiger partial charge is 0.0365 e. The molecule has 0 aromatic rings. The molecule has 0 heterocycles. The van der Waals surface area contributed by atoms with Crippen LogP contribution < -0.4 is 0 Å². The Balaban J connectivity index is 2.66. The Kier molecular flexibility index (Phi) is 4.45. The summed E-state index contributed by atoms with van der Waals surface area (Å²) in [7, 11) is 0. The molecule has 0 amide bonds. The predicted molar refractivity (Wildman–Crippen MR) is 28.4 cm³/mol. The SMILES string of the molecule is C=CCSN=O. The van der Waals surface area contributed by atoms with Crippen LogP contribution in [0.1, 0.15) is 0 Å². The average molecular weight is 103 g/mol. The molecule has 0 N–H and O–H groups in total. The second kappa shape index (κ2) is 4.69. The number of hydrogen-bond acceptors (Lipinski definition) is 3. The average Bonchev–Trinajstić information content (AvgIpc) is 1.61. The van der Waals surface area contributed by atoms with Crippen LogP contribution in [0.4, 0.5) is 0 Å². The standard InChI is InChI=1S/C3H5NOS/c1-2-3-6-4-5/h2H,1,3H2. The van der Waals surface area contributed by atoms with Crippen molar-refractivity contribution in [2.24, 2.45) is 4.58 Å². The molecule has 0 aliphatic rings. The maximum atomic E-state index is 9.23. The summed E-state index contributed by atoms with van der Waals surface area (Å²) in [6.07, 6.45) is 1.63. The topological polar surface area (TPSA) is 29.4 Å². The number of hydrogen-bond donors (Lipinski definition) is 0. The molecule has 0 saturated heterocycles. The Morgan fingerprint density at radius 1 is 2.00 bits per heavy atom. The summed E-state index contributed by atoms with van der Waals surface area (Å²) in [5.41, 5.74) is 0. The molecule has 0 aromatic heterocycles. The van der Waals surface area contributed by atoms with E-state index < -0.39 is 0 Å². The molecular formula is C3H5NOS. The molecule has 3 heteroatoms. The van der Waals surface area contributed by atoms with Crippen LogP contribution in [0.2, 0.25) is 0 Å². The van der Waals surface area contributed by atoms with Gasteiger partial charge in [-0.05, 0) is 0 Å². The lowest BCUT2D eigenvalue weighted by Gasteiger charge is -1.71. The summed E-state index contributed by atoms with van der Waals surface area (Å²) >= 11 is 0.959. The van der Waals surface area contributed by atoms with Crippen molar-refractivity contribution < 1.29 is 0 Å². The number of nitrogens with zero attached hydrogens (tertiary/aromatic N) is 1. The first-order valence-electron chi connectivity index (χ1n) is 1.47. The van der Waals surface area contributed by atoms with Crippen LogP contribution in [-0.2, 0) is 0 Å². The van der Waals surface area contributed by atoms with Gasteiger partial charge in [0.25, 0.3) is 0 Å². The van der Waals surface area contributed by atoms with Crippen LogP contribution >= 0.6 is 11.9 Å². The molecule has 0 atom stereocenters. The van der Waals surface area contributed by atoms with Crippen LogP contribution in [0, 0.1) is 4.91 Å². The lowest BCUT2D eigenvalue weighted by Crippen LogP contribution is -1.56. The Morgan fingerprint density at radius 3 is 2.83 bits per heavy atom. The summed E-state index contributed by atoms with van der Waals surface area (Å²) in [5.74, 6) is 0.615. The maximum Gasteiger partial charge on any atom is 0.0365 e. The highest BCUT2D eigenvalue weighted by Crippen LogP contribution is 1.97. The van der Waals surface area contributed by atoms with Crippen molar-refractivity contribution >= 4 is 11.9 Å². The second-order valence-electron chi connectivity index (χ2n) is 0.659. The fraction of sp³-hybridized carbons (Fsp3) is 0.333. The molecule has 0 unspecified atom stereocenters. The summed E-state index contributed by atoms with van der Waals surface area (Å²) in [6.45, 7) is 3.38. The summed E-state index contributed by atoms with van der Waals surface area (Å²) in [5, 5.41) is 0. The van der Waals surface area contributed by atoms with E-state index in [0.717, 1.165) is 11.9 Å². The summed E-state index contributed by atoms with van der Waals surface area (Å²) in [4.78, 5) is 9.23. The van der Waals surface area contributed by atoms with Gasteiger partial charge in [0, 0.05) is 22.3 Å². The molecule has 0 radical (unpaired) electrons. The first kappa shape index (κ1) is 5.69. The van der Waals surface area contributed by atoms with Crippen molar-refractivity contribution in [2.75, 3.05) is 5.75 Å². The largest absolute Gasteiger partial charge is 0.137 e. The molecule has 0 spiro atoms. The molecule has 0 saturated carbocycles. The lowest BCUT2D eigenvalue weighted by molar-refractivity contribution is 1.75. The van der Waals surface area contributed by atoms with Gasteiger partial charge in [-0.15, -0.1) is 11.5 Å². The molecule has 0 aromatic carbocycles. The van der Waals surface area contributed by atoms with E-state index in [1.807, 2.05) is 0 Å². The van der Waals surface area contributed by atoms with Crippen LogP contribution in [-0.4, -0.2) is 5.75 Å². The highest BCUT2D eigenvalue weighted by atomic mass is 32.2. The molecule has 2 nitrogen and oxygen atoms in total. The van der Waals surface area contributed by atoms with Crippen LogP contribution in [0.25, 0.3) is 0 Å². The zero-order valence-corrected chi connectivity index (χ0v) is 4.07.